The van der Waals surface area contributed by atoms with Crippen molar-refractivity contribution in [3.63, 3.8) is 0 Å². The summed E-state index contributed by atoms with van der Waals surface area (Å²) >= 11 is 2.48. The molecule has 13 heavy (non-hydrogen) atoms. The normalized spacial score (nSPS) is 20.9. The largest absolute Gasteiger partial charge is 0.302 e. The fraction of sp³-hybridized carbons (Fsp3) is 0.111. The minimum Gasteiger partial charge on any atom is -0.302 e. The van der Waals surface area contributed by atoms with Crippen molar-refractivity contribution < 1.29 is 9.59 Å². The number of carbonyl (C=O) groups excluding carboxylic acids is 2. The molecule has 1 aliphatic heterocycles. The molecular weight excluding hydrogens is 204 g/mol. The Balaban J connectivity index is 2.38. The lowest BCUT2D eigenvalue weighted by molar-refractivity contribution is -0.115. The molecule has 0 amide bonds. The first-order valence-electron chi connectivity index (χ1n) is 3.74. The summed E-state index contributed by atoms with van der Waals surface area (Å²) < 4.78 is 0. The summed E-state index contributed by atoms with van der Waals surface area (Å²) in [6.45, 7) is 0. The number of fused-ring (bicyclic) bond motifs is 1. The number of carbonyl (C=O) groups is 2. The van der Waals surface area contributed by atoms with Crippen LogP contribution in [-0.4, -0.2) is 16.7 Å². The van der Waals surface area contributed by atoms with E-state index < -0.39 is 5.25 Å². The van der Waals surface area contributed by atoms with Crippen LogP contribution in [0.2, 0.25) is 0 Å². The lowest BCUT2D eigenvalue weighted by Crippen LogP contribution is -2.18. The second-order valence-corrected chi connectivity index (χ2v) is 4.77. The van der Waals surface area contributed by atoms with Crippen LogP contribution in [0.15, 0.2) is 34.1 Å². The highest BCUT2D eigenvalue weighted by Crippen LogP contribution is 2.40. The molecule has 0 spiro atoms. The molecule has 0 fully saturated rings. The molecule has 1 heterocycles. The molecule has 0 saturated carbocycles. The van der Waals surface area contributed by atoms with Crippen molar-refractivity contribution in [2.24, 2.45) is 0 Å². The summed E-state index contributed by atoms with van der Waals surface area (Å²) in [6, 6.07) is 7.62. The molecular formula is C9H6O2S2. The van der Waals surface area contributed by atoms with Gasteiger partial charge in [0.1, 0.15) is 11.5 Å². The lowest BCUT2D eigenvalue weighted by Gasteiger charge is -2.17. The molecule has 66 valence electrons. The quantitative estimate of drug-likeness (QED) is 0.524. The zero-order chi connectivity index (χ0) is 9.26. The fourth-order valence-corrected chi connectivity index (χ4v) is 3.09. The number of hydrogen-bond acceptors (Lipinski definition) is 4. The van der Waals surface area contributed by atoms with Gasteiger partial charge in [-0.1, -0.05) is 12.1 Å². The van der Waals surface area contributed by atoms with Crippen molar-refractivity contribution in [2.45, 2.75) is 15.0 Å². The van der Waals surface area contributed by atoms with Crippen molar-refractivity contribution in [2.75, 3.05) is 0 Å². The SMILES string of the molecule is O=CC1Sc2ccccc2SC1=O. The molecule has 0 aliphatic carbocycles. The van der Waals surface area contributed by atoms with Gasteiger partial charge in [-0.2, -0.15) is 0 Å². The van der Waals surface area contributed by atoms with Crippen molar-refractivity contribution in [1.29, 1.82) is 0 Å². The first-order chi connectivity index (χ1) is 6.31. The molecule has 1 aromatic carbocycles. The van der Waals surface area contributed by atoms with Crippen LogP contribution in [-0.2, 0) is 9.59 Å². The molecule has 2 rings (SSSR count). The van der Waals surface area contributed by atoms with Gasteiger partial charge in [0.15, 0.2) is 0 Å². The molecule has 4 heteroatoms. The zero-order valence-corrected chi connectivity index (χ0v) is 8.23. The van der Waals surface area contributed by atoms with E-state index in [4.69, 9.17) is 0 Å². The van der Waals surface area contributed by atoms with E-state index >= 15 is 0 Å². The van der Waals surface area contributed by atoms with Crippen LogP contribution in [0.5, 0.6) is 0 Å². The molecule has 0 radical (unpaired) electrons. The first-order valence-corrected chi connectivity index (χ1v) is 5.43. The minimum absolute atomic E-state index is 0.0706. The van der Waals surface area contributed by atoms with Crippen molar-refractivity contribution >= 4 is 34.9 Å². The summed E-state index contributed by atoms with van der Waals surface area (Å²) in [6.07, 6.45) is 0.704. The molecule has 2 nitrogen and oxygen atoms in total. The van der Waals surface area contributed by atoms with Crippen molar-refractivity contribution in [3.05, 3.63) is 24.3 Å². The zero-order valence-electron chi connectivity index (χ0n) is 6.60. The predicted molar refractivity (Wildman–Crippen MR) is 53.0 cm³/mol. The van der Waals surface area contributed by atoms with E-state index in [-0.39, 0.29) is 5.12 Å². The second kappa shape index (κ2) is 3.55. The van der Waals surface area contributed by atoms with E-state index in [1.807, 2.05) is 24.3 Å². The summed E-state index contributed by atoms with van der Waals surface area (Å²) in [5.41, 5.74) is 0. The molecule has 0 saturated heterocycles. The van der Waals surface area contributed by atoms with Crippen LogP contribution >= 0.6 is 23.5 Å². The Labute approximate surface area is 84.1 Å². The smallest absolute Gasteiger partial charge is 0.214 e. The Morgan fingerprint density at radius 1 is 1.23 bits per heavy atom. The Morgan fingerprint density at radius 2 is 1.92 bits per heavy atom. The van der Waals surface area contributed by atoms with E-state index in [0.29, 0.717) is 6.29 Å². The standard InChI is InChI=1S/C9H6O2S2/c10-5-8-9(11)13-7-4-2-1-3-6(7)12-8/h1-5,8H. The van der Waals surface area contributed by atoms with E-state index in [2.05, 4.69) is 0 Å². The summed E-state index contributed by atoms with van der Waals surface area (Å²) in [5.74, 6) is 0. The predicted octanol–water partition coefficient (Wildman–Crippen LogP) is 1.98. The van der Waals surface area contributed by atoms with Crippen LogP contribution < -0.4 is 0 Å². The third-order valence-electron chi connectivity index (χ3n) is 1.67. The van der Waals surface area contributed by atoms with Crippen LogP contribution in [0, 0.1) is 0 Å². The lowest BCUT2D eigenvalue weighted by atomic mass is 10.4. The maximum Gasteiger partial charge on any atom is 0.214 e. The van der Waals surface area contributed by atoms with Crippen molar-refractivity contribution in [1.82, 2.24) is 0 Å². The molecule has 1 unspecified atom stereocenters. The molecule has 1 aliphatic rings. The Morgan fingerprint density at radius 3 is 2.62 bits per heavy atom. The van der Waals surface area contributed by atoms with Gasteiger partial charge in [-0.05, 0) is 23.9 Å². The van der Waals surface area contributed by atoms with Gasteiger partial charge in [0.05, 0.1) is 0 Å². The van der Waals surface area contributed by atoms with Gasteiger partial charge in [-0.3, -0.25) is 4.79 Å². The van der Waals surface area contributed by atoms with E-state index in [1.54, 1.807) is 0 Å². The topological polar surface area (TPSA) is 34.1 Å². The van der Waals surface area contributed by atoms with Gasteiger partial charge >= 0.3 is 0 Å². The average molecular weight is 210 g/mol. The number of hydrogen-bond donors (Lipinski definition) is 0. The number of aldehydes is 1. The van der Waals surface area contributed by atoms with Crippen LogP contribution in [0.25, 0.3) is 0 Å². The van der Waals surface area contributed by atoms with Gasteiger partial charge in [-0.15, -0.1) is 11.8 Å². The first kappa shape index (κ1) is 8.84. The van der Waals surface area contributed by atoms with Gasteiger partial charge in [-0.25, -0.2) is 0 Å². The molecule has 0 bridgehead atoms. The van der Waals surface area contributed by atoms with Crippen LogP contribution in [0.4, 0.5) is 0 Å². The minimum atomic E-state index is -0.528. The van der Waals surface area contributed by atoms with Gasteiger partial charge < -0.3 is 4.79 Å². The maximum absolute atomic E-state index is 11.3. The second-order valence-electron chi connectivity index (χ2n) is 2.54. The summed E-state index contributed by atoms with van der Waals surface area (Å²) in [5, 5.41) is -0.599. The van der Waals surface area contributed by atoms with E-state index in [9.17, 15) is 9.59 Å². The Bertz CT molecular complexity index is 362. The molecule has 0 N–H and O–H groups in total. The van der Waals surface area contributed by atoms with Gasteiger partial charge in [0, 0.05) is 9.79 Å². The molecule has 1 atom stereocenters. The number of rotatable bonds is 1. The summed E-state index contributed by atoms with van der Waals surface area (Å²) in [7, 11) is 0. The molecule has 0 aromatic heterocycles. The van der Waals surface area contributed by atoms with E-state index in [1.165, 1.54) is 11.8 Å². The highest BCUT2D eigenvalue weighted by Gasteiger charge is 2.26. The Kier molecular flexibility index (Phi) is 2.42. The Hall–Kier alpha value is -0.740. The third kappa shape index (κ3) is 1.64. The third-order valence-corrected chi connectivity index (χ3v) is 4.17. The molecule has 1 aromatic rings. The van der Waals surface area contributed by atoms with Crippen LogP contribution in [0.3, 0.4) is 0 Å². The average Bonchev–Trinajstić information content (AvgIpc) is 2.17. The maximum atomic E-state index is 11.3. The monoisotopic (exact) mass is 210 g/mol. The fourth-order valence-electron chi connectivity index (χ4n) is 1.07. The number of thioether (sulfide) groups is 2. The van der Waals surface area contributed by atoms with Crippen molar-refractivity contribution in [3.8, 4) is 0 Å². The van der Waals surface area contributed by atoms with Crippen LogP contribution in [0.1, 0.15) is 0 Å². The summed E-state index contributed by atoms with van der Waals surface area (Å²) in [4.78, 5) is 23.8. The highest BCUT2D eigenvalue weighted by molar-refractivity contribution is 8.18. The highest BCUT2D eigenvalue weighted by atomic mass is 32.2. The van der Waals surface area contributed by atoms with Gasteiger partial charge in [0.2, 0.25) is 5.12 Å². The van der Waals surface area contributed by atoms with Gasteiger partial charge in [0.25, 0.3) is 0 Å². The van der Waals surface area contributed by atoms with E-state index in [0.717, 1.165) is 21.6 Å². The number of benzene rings is 1.